The highest BCUT2D eigenvalue weighted by molar-refractivity contribution is 7.33. The Labute approximate surface area is 224 Å². The Morgan fingerprint density at radius 1 is 0.838 bits per heavy atom. The zero-order valence-corrected chi connectivity index (χ0v) is 24.0. The first-order chi connectivity index (χ1) is 18.1. The number of imidazole rings is 1. The van der Waals surface area contributed by atoms with Crippen LogP contribution in [0.4, 0.5) is 5.82 Å². The van der Waals surface area contributed by atoms with Crippen LogP contribution in [-0.4, -0.2) is 39.0 Å². The number of nitrogens with zero attached hydrogens (tertiary/aromatic N) is 4. The van der Waals surface area contributed by atoms with Crippen LogP contribution in [0.25, 0.3) is 11.2 Å². The number of unbranched alkanes of at least 4 members (excludes halogenated alkanes) is 15. The molecule has 10 heteroatoms. The van der Waals surface area contributed by atoms with Crippen LogP contribution in [-0.2, 0) is 24.9 Å². The molecule has 1 unspecified atom stereocenters. The molecule has 2 heterocycles. The summed E-state index contributed by atoms with van der Waals surface area (Å²) in [6.45, 7) is 5.03. The molecule has 0 aliphatic carbocycles. The topological polar surface area (TPSA) is 114 Å². The van der Waals surface area contributed by atoms with Gasteiger partial charge in [-0.15, -0.1) is 4.52 Å². The highest BCUT2D eigenvalue weighted by Crippen LogP contribution is 2.24. The third-order valence-electron chi connectivity index (χ3n) is 6.59. The second-order valence-electron chi connectivity index (χ2n) is 9.91. The number of aromatic nitrogens is 4. The van der Waals surface area contributed by atoms with Gasteiger partial charge in [-0.1, -0.05) is 108 Å². The van der Waals surface area contributed by atoms with E-state index in [1.165, 1.54) is 96.2 Å². The van der Waals surface area contributed by atoms with Crippen molar-refractivity contribution in [2.45, 2.75) is 129 Å². The van der Waals surface area contributed by atoms with Crippen LogP contribution >= 0.6 is 8.25 Å². The molecule has 2 aromatic heterocycles. The number of fused-ring (bicyclic) bond motifs is 1. The molecule has 0 aliphatic heterocycles. The van der Waals surface area contributed by atoms with E-state index in [4.69, 9.17) is 19.5 Å². The van der Waals surface area contributed by atoms with E-state index >= 15 is 0 Å². The molecule has 2 atom stereocenters. The zero-order chi connectivity index (χ0) is 26.6. The van der Waals surface area contributed by atoms with Gasteiger partial charge in [0.1, 0.15) is 18.5 Å². The first-order valence-electron chi connectivity index (χ1n) is 14.4. The molecule has 0 spiro atoms. The lowest BCUT2D eigenvalue weighted by Crippen LogP contribution is -2.17. The first kappa shape index (κ1) is 31.5. The van der Waals surface area contributed by atoms with Crippen molar-refractivity contribution in [1.29, 1.82) is 0 Å². The molecule has 0 fully saturated rings. The van der Waals surface area contributed by atoms with E-state index in [9.17, 15) is 4.57 Å². The molecule has 2 aromatic rings. The average Bonchev–Trinajstić information content (AvgIpc) is 3.29. The maximum atomic E-state index is 11.9. The van der Waals surface area contributed by atoms with Crippen LogP contribution in [0, 0.1) is 0 Å². The van der Waals surface area contributed by atoms with Gasteiger partial charge in [-0.3, -0.25) is 0 Å². The maximum absolute atomic E-state index is 11.9. The number of nitrogens with two attached hydrogens (primary N) is 1. The van der Waals surface area contributed by atoms with Crippen LogP contribution < -0.4 is 5.73 Å². The van der Waals surface area contributed by atoms with Crippen LogP contribution in [0.3, 0.4) is 0 Å². The Morgan fingerprint density at radius 2 is 1.41 bits per heavy atom. The van der Waals surface area contributed by atoms with E-state index in [0.717, 1.165) is 12.8 Å². The molecule has 9 nitrogen and oxygen atoms in total. The Bertz CT molecular complexity index is 866. The Balaban J connectivity index is 1.35. The molecule has 0 aliphatic rings. The summed E-state index contributed by atoms with van der Waals surface area (Å²) in [5, 5.41) is 0. The van der Waals surface area contributed by atoms with Crippen molar-refractivity contribution in [2.75, 3.05) is 19.1 Å². The highest BCUT2D eigenvalue weighted by Gasteiger charge is 2.21. The van der Waals surface area contributed by atoms with Gasteiger partial charge >= 0.3 is 8.25 Å². The van der Waals surface area contributed by atoms with E-state index in [1.807, 2.05) is 11.5 Å². The van der Waals surface area contributed by atoms with Gasteiger partial charge in [0.2, 0.25) is 6.79 Å². The Hall–Kier alpha value is -1.67. The Morgan fingerprint density at radius 3 is 2.00 bits per heavy atom. The molecular weight excluding hydrogens is 489 g/mol. The lowest BCUT2D eigenvalue weighted by molar-refractivity contribution is -0.0367. The predicted molar refractivity (Wildman–Crippen MR) is 149 cm³/mol. The molecule has 0 amide bonds. The lowest BCUT2D eigenvalue weighted by atomic mass is 10.0. The van der Waals surface area contributed by atoms with E-state index in [-0.39, 0.29) is 12.9 Å². The minimum absolute atomic E-state index is 0.0981. The molecule has 210 valence electrons. The van der Waals surface area contributed by atoms with Gasteiger partial charge in [-0.2, -0.15) is 0 Å². The number of hydrogen-bond donors (Lipinski definition) is 1. The average molecular weight is 539 g/mol. The molecule has 0 radical (unpaired) electrons. The summed E-state index contributed by atoms with van der Waals surface area (Å²) >= 11 is 0. The molecule has 0 saturated carbocycles. The smallest absolute Gasteiger partial charge is 0.382 e. The van der Waals surface area contributed by atoms with Gasteiger partial charge in [0.25, 0.3) is 0 Å². The fourth-order valence-corrected chi connectivity index (χ4v) is 4.88. The zero-order valence-electron chi connectivity index (χ0n) is 23.1. The summed E-state index contributed by atoms with van der Waals surface area (Å²) in [6, 6.07) is 0. The van der Waals surface area contributed by atoms with E-state index in [0.29, 0.717) is 30.1 Å². The second kappa shape index (κ2) is 20.3. The minimum atomic E-state index is -2.17. The van der Waals surface area contributed by atoms with Crippen molar-refractivity contribution in [3.8, 4) is 0 Å². The van der Waals surface area contributed by atoms with Crippen LogP contribution in [0.1, 0.15) is 117 Å². The van der Waals surface area contributed by atoms with Crippen molar-refractivity contribution < 1.29 is 18.3 Å². The SMILES string of the molecule is CCCCCCCCCCCCCCCCCCO[P+](=O)OCO[C@H](C)Cn1cnc2c(N)ncnc21. The van der Waals surface area contributed by atoms with Crippen molar-refractivity contribution in [3.63, 3.8) is 0 Å². The number of hydrogen-bond acceptors (Lipinski definition) is 8. The van der Waals surface area contributed by atoms with Crippen molar-refractivity contribution in [3.05, 3.63) is 12.7 Å². The van der Waals surface area contributed by atoms with Crippen LogP contribution in [0.5, 0.6) is 0 Å². The largest absolute Gasteiger partial charge is 0.699 e. The standard InChI is InChI=1S/C27H49N5O4P/c1-3-4-5-6-7-8-9-10-11-12-13-14-15-16-17-18-19-35-37(33)36-23-34-24(2)20-32-22-31-25-26(28)29-21-30-27(25)32/h21-22,24H,3-20,23H2,1-2H3,(H2,28,29,30)/q+1/t24-/m1/s1. The number of rotatable bonds is 24. The molecule has 0 bridgehead atoms. The fourth-order valence-electron chi connectivity index (χ4n) is 4.38. The summed E-state index contributed by atoms with van der Waals surface area (Å²) in [6.07, 6.45) is 24.0. The number of ether oxygens (including phenoxy) is 1. The number of anilines is 1. The van der Waals surface area contributed by atoms with Crippen molar-refractivity contribution in [1.82, 2.24) is 19.5 Å². The third kappa shape index (κ3) is 14.2. The first-order valence-corrected chi connectivity index (χ1v) is 15.5. The van der Waals surface area contributed by atoms with Gasteiger partial charge in [0.15, 0.2) is 11.5 Å². The quantitative estimate of drug-likeness (QED) is 0.0820. The van der Waals surface area contributed by atoms with Gasteiger partial charge in [-0.25, -0.2) is 15.0 Å². The summed E-state index contributed by atoms with van der Waals surface area (Å²) in [5.74, 6) is 0.346. The van der Waals surface area contributed by atoms with Gasteiger partial charge < -0.3 is 15.0 Å². The van der Waals surface area contributed by atoms with Gasteiger partial charge in [0, 0.05) is 4.57 Å². The number of nitrogen functional groups attached to an aromatic ring is 1. The molecule has 2 rings (SSSR count). The van der Waals surface area contributed by atoms with Gasteiger partial charge in [-0.05, 0) is 13.3 Å². The molecule has 0 aromatic carbocycles. The second-order valence-corrected chi connectivity index (χ2v) is 10.9. The maximum Gasteiger partial charge on any atom is 0.699 e. The summed E-state index contributed by atoms with van der Waals surface area (Å²) in [4.78, 5) is 12.4. The highest BCUT2D eigenvalue weighted by atomic mass is 31.1. The van der Waals surface area contributed by atoms with Crippen LogP contribution in [0.15, 0.2) is 12.7 Å². The summed E-state index contributed by atoms with van der Waals surface area (Å²) < 4.78 is 29.8. The Kier molecular flexibility index (Phi) is 17.3. The van der Waals surface area contributed by atoms with E-state index < -0.39 is 8.25 Å². The third-order valence-corrected chi connectivity index (χ3v) is 7.30. The molecule has 2 N–H and O–H groups in total. The van der Waals surface area contributed by atoms with Gasteiger partial charge in [0.05, 0.1) is 19.0 Å². The summed E-state index contributed by atoms with van der Waals surface area (Å²) in [7, 11) is -2.17. The predicted octanol–water partition coefficient (Wildman–Crippen LogP) is 7.72. The van der Waals surface area contributed by atoms with Crippen LogP contribution in [0.2, 0.25) is 0 Å². The molecule has 0 saturated heterocycles. The molecule has 37 heavy (non-hydrogen) atoms. The van der Waals surface area contributed by atoms with E-state index in [1.54, 1.807) is 6.33 Å². The lowest BCUT2D eigenvalue weighted by Gasteiger charge is -2.11. The minimum Gasteiger partial charge on any atom is -0.382 e. The van der Waals surface area contributed by atoms with Crippen molar-refractivity contribution in [2.24, 2.45) is 0 Å². The van der Waals surface area contributed by atoms with E-state index in [2.05, 4.69) is 21.9 Å². The normalized spacial score (nSPS) is 12.9. The van der Waals surface area contributed by atoms with Crippen molar-refractivity contribution >= 4 is 25.2 Å². The monoisotopic (exact) mass is 538 g/mol. The fraction of sp³-hybridized carbons (Fsp3) is 0.815. The molecular formula is C27H49N5O4P+. The summed E-state index contributed by atoms with van der Waals surface area (Å²) in [5.41, 5.74) is 7.03.